The molecule has 1 unspecified atom stereocenters. The Kier molecular flexibility index (Phi) is 6.68. The zero-order valence-corrected chi connectivity index (χ0v) is 13.2. The van der Waals surface area contributed by atoms with Crippen molar-refractivity contribution < 1.29 is 19.1 Å². The molecule has 0 aliphatic carbocycles. The fraction of sp³-hybridized carbons (Fsp3) is 0.467. The number of carboxylic acid groups (broad SMARTS) is 1. The second kappa shape index (κ2) is 8.02. The summed E-state index contributed by atoms with van der Waals surface area (Å²) in [4.78, 5) is 25.3. The first-order valence-corrected chi connectivity index (χ1v) is 8.08. The summed E-state index contributed by atoms with van der Waals surface area (Å²) in [5.41, 5.74) is 0.506. The molecule has 0 saturated heterocycles. The maximum atomic E-state index is 13.0. The van der Waals surface area contributed by atoms with E-state index in [2.05, 4.69) is 0 Å². The van der Waals surface area contributed by atoms with Gasteiger partial charge in [0.1, 0.15) is 11.7 Å². The van der Waals surface area contributed by atoms with Crippen LogP contribution in [0.25, 0.3) is 0 Å². The predicted octanol–water partition coefficient (Wildman–Crippen LogP) is 3.02. The first-order chi connectivity index (χ1) is 9.88. The predicted molar refractivity (Wildman–Crippen MR) is 83.1 cm³/mol. The van der Waals surface area contributed by atoms with Crippen LogP contribution in [0.2, 0.25) is 0 Å². The zero-order chi connectivity index (χ0) is 16.0. The van der Waals surface area contributed by atoms with E-state index in [1.54, 1.807) is 13.8 Å². The van der Waals surface area contributed by atoms with Crippen LogP contribution in [0.4, 0.5) is 10.1 Å². The average Bonchev–Trinajstić information content (AvgIpc) is 2.41. The number of aliphatic carboxylic acids is 1. The Labute approximate surface area is 128 Å². The van der Waals surface area contributed by atoms with Gasteiger partial charge < -0.3 is 10.0 Å². The number of hydrogen-bond donors (Lipinski definition) is 1. The monoisotopic (exact) mass is 313 g/mol. The third kappa shape index (κ3) is 4.74. The molecule has 0 saturated carbocycles. The summed E-state index contributed by atoms with van der Waals surface area (Å²) in [5.74, 6) is -2.46. The van der Waals surface area contributed by atoms with Crippen molar-refractivity contribution in [1.82, 2.24) is 0 Å². The second-order valence-corrected chi connectivity index (χ2v) is 5.94. The molecule has 0 bridgehead atoms. The highest BCUT2D eigenvalue weighted by atomic mass is 32.2. The summed E-state index contributed by atoms with van der Waals surface area (Å²) in [6.07, 6.45) is 2.14. The molecule has 21 heavy (non-hydrogen) atoms. The SMILES string of the molecule is CSCCC(C(=O)O)C(=O)N(c1ccc(F)cc1)C(C)C. The number of nitrogens with zero attached hydrogens (tertiary/aromatic N) is 1. The van der Waals surface area contributed by atoms with Crippen LogP contribution in [-0.4, -0.2) is 35.0 Å². The standard InChI is InChI=1S/C15H20FNO3S/c1-10(2)17(12-6-4-11(16)5-7-12)14(18)13(15(19)20)8-9-21-3/h4-7,10,13H,8-9H2,1-3H3,(H,19,20). The third-order valence-electron chi connectivity index (χ3n) is 3.07. The first kappa shape index (κ1) is 17.5. The van der Waals surface area contributed by atoms with Gasteiger partial charge in [0, 0.05) is 11.7 Å². The fourth-order valence-corrected chi connectivity index (χ4v) is 2.51. The molecule has 0 fully saturated rings. The Bertz CT molecular complexity index is 490. The van der Waals surface area contributed by atoms with Gasteiger partial charge in [-0.25, -0.2) is 4.39 Å². The summed E-state index contributed by atoms with van der Waals surface area (Å²) in [5, 5.41) is 9.28. The number of rotatable bonds is 7. The van der Waals surface area contributed by atoms with Crippen molar-refractivity contribution in [1.29, 1.82) is 0 Å². The van der Waals surface area contributed by atoms with E-state index in [-0.39, 0.29) is 12.5 Å². The number of carbonyl (C=O) groups is 2. The molecular formula is C15H20FNO3S. The van der Waals surface area contributed by atoms with Crippen LogP contribution >= 0.6 is 11.8 Å². The third-order valence-corrected chi connectivity index (χ3v) is 3.71. The van der Waals surface area contributed by atoms with Crippen molar-refractivity contribution in [3.63, 3.8) is 0 Å². The second-order valence-electron chi connectivity index (χ2n) is 4.95. The van der Waals surface area contributed by atoms with Crippen molar-refractivity contribution in [2.24, 2.45) is 5.92 Å². The van der Waals surface area contributed by atoms with E-state index >= 15 is 0 Å². The van der Waals surface area contributed by atoms with Gasteiger partial charge in [-0.15, -0.1) is 0 Å². The lowest BCUT2D eigenvalue weighted by molar-refractivity contribution is -0.146. The van der Waals surface area contributed by atoms with Gasteiger partial charge in [0.2, 0.25) is 5.91 Å². The molecule has 0 radical (unpaired) electrons. The summed E-state index contributed by atoms with van der Waals surface area (Å²) in [6, 6.07) is 5.28. The number of carboxylic acids is 1. The van der Waals surface area contributed by atoms with Gasteiger partial charge in [-0.05, 0) is 56.5 Å². The summed E-state index contributed by atoms with van der Waals surface area (Å²) in [7, 11) is 0. The summed E-state index contributed by atoms with van der Waals surface area (Å²) in [6.45, 7) is 3.60. The van der Waals surface area contributed by atoms with Crippen LogP contribution in [0.5, 0.6) is 0 Å². The summed E-state index contributed by atoms with van der Waals surface area (Å²) >= 11 is 1.50. The molecule has 4 nitrogen and oxygen atoms in total. The zero-order valence-electron chi connectivity index (χ0n) is 12.4. The van der Waals surface area contributed by atoms with E-state index < -0.39 is 23.6 Å². The van der Waals surface area contributed by atoms with Crippen LogP contribution in [0.3, 0.4) is 0 Å². The molecule has 1 amide bonds. The molecule has 0 aliphatic rings. The number of thioether (sulfide) groups is 1. The van der Waals surface area contributed by atoms with Crippen LogP contribution in [0.15, 0.2) is 24.3 Å². The van der Waals surface area contributed by atoms with E-state index in [0.717, 1.165) is 0 Å². The van der Waals surface area contributed by atoms with Crippen molar-refractivity contribution in [2.75, 3.05) is 16.9 Å². The van der Waals surface area contributed by atoms with Crippen molar-refractivity contribution in [3.8, 4) is 0 Å². The van der Waals surface area contributed by atoms with Crippen molar-refractivity contribution in [2.45, 2.75) is 26.3 Å². The number of anilines is 1. The summed E-state index contributed by atoms with van der Waals surface area (Å²) < 4.78 is 13.0. The largest absolute Gasteiger partial charge is 0.481 e. The lowest BCUT2D eigenvalue weighted by Crippen LogP contribution is -2.43. The molecule has 1 N–H and O–H groups in total. The Hall–Kier alpha value is -1.56. The van der Waals surface area contributed by atoms with E-state index in [9.17, 15) is 19.1 Å². The quantitative estimate of drug-likeness (QED) is 0.786. The smallest absolute Gasteiger partial charge is 0.316 e. The Balaban J connectivity index is 3.05. The molecule has 1 rings (SSSR count). The minimum Gasteiger partial charge on any atom is -0.481 e. The van der Waals surface area contributed by atoms with E-state index in [0.29, 0.717) is 11.4 Å². The number of amides is 1. The number of benzene rings is 1. The molecule has 6 heteroatoms. The van der Waals surface area contributed by atoms with Gasteiger partial charge in [0.25, 0.3) is 0 Å². The average molecular weight is 313 g/mol. The van der Waals surface area contributed by atoms with Gasteiger partial charge in [0.15, 0.2) is 0 Å². The Morgan fingerprint density at radius 2 is 1.86 bits per heavy atom. The molecule has 0 aliphatic heterocycles. The molecule has 0 aromatic heterocycles. The van der Waals surface area contributed by atoms with Gasteiger partial charge in [0.05, 0.1) is 0 Å². The highest BCUT2D eigenvalue weighted by Gasteiger charge is 2.32. The lowest BCUT2D eigenvalue weighted by Gasteiger charge is -2.29. The van der Waals surface area contributed by atoms with E-state index in [1.807, 2.05) is 6.26 Å². The Morgan fingerprint density at radius 1 is 1.29 bits per heavy atom. The highest BCUT2D eigenvalue weighted by Crippen LogP contribution is 2.22. The number of carbonyl (C=O) groups excluding carboxylic acids is 1. The Morgan fingerprint density at radius 3 is 2.29 bits per heavy atom. The lowest BCUT2D eigenvalue weighted by atomic mass is 10.0. The maximum Gasteiger partial charge on any atom is 0.316 e. The van der Waals surface area contributed by atoms with Gasteiger partial charge in [-0.2, -0.15) is 11.8 Å². The number of hydrogen-bond acceptors (Lipinski definition) is 3. The van der Waals surface area contributed by atoms with Crippen LogP contribution in [-0.2, 0) is 9.59 Å². The van der Waals surface area contributed by atoms with Crippen molar-refractivity contribution in [3.05, 3.63) is 30.1 Å². The molecule has 1 atom stereocenters. The maximum absolute atomic E-state index is 13.0. The minimum atomic E-state index is -1.12. The molecule has 1 aromatic carbocycles. The molecule has 0 heterocycles. The molecule has 1 aromatic rings. The topological polar surface area (TPSA) is 57.6 Å². The van der Waals surface area contributed by atoms with Crippen molar-refractivity contribution >= 4 is 29.3 Å². The molecule has 116 valence electrons. The normalized spacial score (nSPS) is 12.2. The van der Waals surface area contributed by atoms with Crippen LogP contribution in [0.1, 0.15) is 20.3 Å². The van der Waals surface area contributed by atoms with Gasteiger partial charge in [-0.3, -0.25) is 9.59 Å². The van der Waals surface area contributed by atoms with Crippen LogP contribution < -0.4 is 4.90 Å². The first-order valence-electron chi connectivity index (χ1n) is 6.68. The van der Waals surface area contributed by atoms with Crippen LogP contribution in [0, 0.1) is 11.7 Å². The molecule has 0 spiro atoms. The fourth-order valence-electron chi connectivity index (χ4n) is 2.04. The highest BCUT2D eigenvalue weighted by molar-refractivity contribution is 7.98. The minimum absolute atomic E-state index is 0.209. The number of halogens is 1. The van der Waals surface area contributed by atoms with Gasteiger partial charge in [-0.1, -0.05) is 0 Å². The molecular weight excluding hydrogens is 293 g/mol. The van der Waals surface area contributed by atoms with E-state index in [4.69, 9.17) is 0 Å². The van der Waals surface area contributed by atoms with E-state index in [1.165, 1.54) is 40.9 Å². The van der Waals surface area contributed by atoms with Gasteiger partial charge >= 0.3 is 5.97 Å².